The molecule has 2 aromatic heterocycles. The Bertz CT molecular complexity index is 1590. The summed E-state index contributed by atoms with van der Waals surface area (Å²) in [5.41, 5.74) is 5.18. The molecule has 36 heavy (non-hydrogen) atoms. The molecule has 1 amide bonds. The van der Waals surface area contributed by atoms with Crippen LogP contribution in [0, 0.1) is 6.92 Å². The van der Waals surface area contributed by atoms with Gasteiger partial charge < -0.3 is 5.32 Å². The van der Waals surface area contributed by atoms with E-state index in [9.17, 15) is 9.59 Å². The molecule has 0 spiro atoms. The minimum atomic E-state index is -0.192. The minimum absolute atomic E-state index is 0.00133. The Hall–Kier alpha value is -4.36. The van der Waals surface area contributed by atoms with Crippen LogP contribution in [0.15, 0.2) is 85.2 Å². The van der Waals surface area contributed by atoms with Crippen LogP contribution in [0.4, 0.5) is 5.69 Å². The summed E-state index contributed by atoms with van der Waals surface area (Å²) in [5, 5.41) is 16.9. The molecule has 0 radical (unpaired) electrons. The highest BCUT2D eigenvalue weighted by molar-refractivity contribution is 6.33. The minimum Gasteiger partial charge on any atom is -0.324 e. The van der Waals surface area contributed by atoms with Crippen molar-refractivity contribution in [3.05, 3.63) is 113 Å². The molecule has 178 valence electrons. The summed E-state index contributed by atoms with van der Waals surface area (Å²) in [6, 6.07) is 22.1. The third kappa shape index (κ3) is 5.31. The monoisotopic (exact) mass is 495 g/mol. The van der Waals surface area contributed by atoms with Gasteiger partial charge in [-0.2, -0.15) is 15.3 Å². The highest BCUT2D eigenvalue weighted by Gasteiger charge is 2.12. The number of carbonyl (C=O) groups is 2. The van der Waals surface area contributed by atoms with Gasteiger partial charge in [-0.15, -0.1) is 0 Å². The van der Waals surface area contributed by atoms with Gasteiger partial charge in [0.15, 0.2) is 5.78 Å². The van der Waals surface area contributed by atoms with Crippen LogP contribution >= 0.6 is 11.6 Å². The van der Waals surface area contributed by atoms with Crippen LogP contribution < -0.4 is 5.32 Å². The van der Waals surface area contributed by atoms with Gasteiger partial charge >= 0.3 is 0 Å². The number of aryl methyl sites for hydroxylation is 1. The number of fused-ring (bicyclic) bond motifs is 1. The number of ketones is 1. The van der Waals surface area contributed by atoms with Gasteiger partial charge in [-0.25, -0.2) is 4.68 Å². The van der Waals surface area contributed by atoms with Gasteiger partial charge in [0.1, 0.15) is 0 Å². The van der Waals surface area contributed by atoms with Crippen molar-refractivity contribution < 1.29 is 9.59 Å². The van der Waals surface area contributed by atoms with E-state index in [0.717, 1.165) is 33.4 Å². The Morgan fingerprint density at radius 2 is 1.78 bits per heavy atom. The molecule has 0 saturated carbocycles. The van der Waals surface area contributed by atoms with Gasteiger partial charge in [-0.1, -0.05) is 41.9 Å². The van der Waals surface area contributed by atoms with Crippen LogP contribution in [0.3, 0.4) is 0 Å². The first kappa shape index (κ1) is 23.4. The summed E-state index contributed by atoms with van der Waals surface area (Å²) in [6.45, 7) is 1.89. The molecule has 0 bridgehead atoms. The first-order chi connectivity index (χ1) is 17.4. The molecular weight excluding hydrogens is 474 g/mol. The molecule has 0 aliphatic heterocycles. The number of nitrogens with one attached hydrogen (secondary N) is 1. The number of rotatable bonds is 7. The summed E-state index contributed by atoms with van der Waals surface area (Å²) in [4.78, 5) is 25.5. The second-order valence-electron chi connectivity index (χ2n) is 8.53. The normalized spacial score (nSPS) is 10.9. The molecule has 0 unspecified atom stereocenters. The lowest BCUT2D eigenvalue weighted by Gasteiger charge is -2.07. The average Bonchev–Trinajstić information content (AvgIpc) is 3.33. The van der Waals surface area contributed by atoms with Crippen LogP contribution in [-0.4, -0.2) is 31.7 Å². The summed E-state index contributed by atoms with van der Waals surface area (Å²) in [7, 11) is 0. The molecule has 5 rings (SSSR count). The lowest BCUT2D eigenvalue weighted by atomic mass is 10.0. The van der Waals surface area contributed by atoms with E-state index in [4.69, 9.17) is 11.6 Å². The zero-order chi connectivity index (χ0) is 25.1. The van der Waals surface area contributed by atoms with Crippen molar-refractivity contribution in [2.24, 2.45) is 0 Å². The Balaban J connectivity index is 1.28. The molecule has 0 saturated heterocycles. The zero-order valence-corrected chi connectivity index (χ0v) is 20.2. The van der Waals surface area contributed by atoms with E-state index in [1.807, 2.05) is 49.4 Å². The molecule has 0 atom stereocenters. The number of halogens is 1. The Morgan fingerprint density at radius 3 is 2.64 bits per heavy atom. The molecule has 1 N–H and O–H groups in total. The summed E-state index contributed by atoms with van der Waals surface area (Å²) < 4.78 is 1.66. The average molecular weight is 496 g/mol. The third-order valence-corrected chi connectivity index (χ3v) is 6.05. The van der Waals surface area contributed by atoms with Crippen molar-refractivity contribution in [2.75, 3.05) is 5.32 Å². The van der Waals surface area contributed by atoms with Crippen LogP contribution in [0.2, 0.25) is 5.02 Å². The van der Waals surface area contributed by atoms with Gasteiger partial charge in [-0.3, -0.25) is 9.59 Å². The number of carbonyl (C=O) groups excluding carboxylic acids is 2. The fourth-order valence-electron chi connectivity index (χ4n) is 3.95. The quantitative estimate of drug-likeness (QED) is 0.306. The van der Waals surface area contributed by atoms with Gasteiger partial charge in [0, 0.05) is 23.6 Å². The van der Waals surface area contributed by atoms with Crippen LogP contribution in [-0.2, 0) is 17.6 Å². The van der Waals surface area contributed by atoms with E-state index in [1.165, 1.54) is 0 Å². The van der Waals surface area contributed by atoms with Crippen LogP contribution in [0.5, 0.6) is 0 Å². The lowest BCUT2D eigenvalue weighted by molar-refractivity contribution is -0.115. The predicted octanol–water partition coefficient (Wildman–Crippen LogP) is 5.38. The number of Topliss-reactive ketones (excluding diaryl/α,β-unsaturated/α-hetero) is 1. The molecule has 2 heterocycles. The Kier molecular flexibility index (Phi) is 6.56. The van der Waals surface area contributed by atoms with E-state index in [1.54, 1.807) is 47.4 Å². The molecule has 8 heteroatoms. The summed E-state index contributed by atoms with van der Waals surface area (Å²) >= 11 is 6.11. The smallest absolute Gasteiger partial charge is 0.228 e. The fourth-order valence-corrected chi connectivity index (χ4v) is 4.13. The largest absolute Gasteiger partial charge is 0.324 e. The van der Waals surface area contributed by atoms with Gasteiger partial charge in [0.25, 0.3) is 0 Å². The maximum Gasteiger partial charge on any atom is 0.228 e. The number of aromatic nitrogens is 4. The van der Waals surface area contributed by atoms with Gasteiger partial charge in [0.2, 0.25) is 5.91 Å². The summed E-state index contributed by atoms with van der Waals surface area (Å²) in [6.07, 6.45) is 3.84. The second kappa shape index (κ2) is 10.1. The SMILES string of the molecule is Cc1cc2cc(CC(=O)c3cccc(-n4cc(CC(=O)Nc5ccccc5Cl)cn4)c3)ccc2nn1. The standard InChI is InChI=1S/C28H22ClN5O2/c1-18-11-22-12-19(9-10-25(22)33-32-18)13-27(35)21-5-4-6-23(15-21)34-17-20(16-30-34)14-28(36)31-26-8-3-2-7-24(26)29/h2-12,15-17H,13-14H2,1H3,(H,31,36). The highest BCUT2D eigenvalue weighted by Crippen LogP contribution is 2.21. The third-order valence-electron chi connectivity index (χ3n) is 5.72. The van der Waals surface area contributed by atoms with Crippen molar-refractivity contribution in [3.63, 3.8) is 0 Å². The maximum absolute atomic E-state index is 13.0. The number of amides is 1. The van der Waals surface area contributed by atoms with Gasteiger partial charge in [-0.05, 0) is 60.5 Å². The number of anilines is 1. The van der Waals surface area contributed by atoms with Gasteiger partial charge in [0.05, 0.1) is 40.2 Å². The maximum atomic E-state index is 13.0. The van der Waals surface area contributed by atoms with Crippen molar-refractivity contribution in [1.29, 1.82) is 0 Å². The number of hydrogen-bond donors (Lipinski definition) is 1. The molecule has 0 aliphatic carbocycles. The van der Waals surface area contributed by atoms with E-state index >= 15 is 0 Å². The van der Waals surface area contributed by atoms with Crippen molar-refractivity contribution >= 4 is 39.9 Å². The molecule has 0 fully saturated rings. The number of hydrogen-bond acceptors (Lipinski definition) is 5. The van der Waals surface area contributed by atoms with E-state index in [0.29, 0.717) is 16.3 Å². The second-order valence-corrected chi connectivity index (χ2v) is 8.93. The van der Waals surface area contributed by atoms with Crippen LogP contribution in [0.1, 0.15) is 27.2 Å². The molecular formula is C28H22ClN5O2. The van der Waals surface area contributed by atoms with Crippen molar-refractivity contribution in [3.8, 4) is 5.69 Å². The Labute approximate surface area is 212 Å². The number of benzene rings is 3. The molecule has 5 aromatic rings. The number of para-hydroxylation sites is 1. The van der Waals surface area contributed by atoms with E-state index in [2.05, 4.69) is 20.6 Å². The Morgan fingerprint density at radius 1 is 0.917 bits per heavy atom. The molecule has 0 aliphatic rings. The highest BCUT2D eigenvalue weighted by atomic mass is 35.5. The zero-order valence-electron chi connectivity index (χ0n) is 19.5. The first-order valence-corrected chi connectivity index (χ1v) is 11.8. The predicted molar refractivity (Wildman–Crippen MR) is 140 cm³/mol. The fraction of sp³-hybridized carbons (Fsp3) is 0.107. The lowest BCUT2D eigenvalue weighted by Crippen LogP contribution is -2.14. The topological polar surface area (TPSA) is 89.8 Å². The van der Waals surface area contributed by atoms with E-state index in [-0.39, 0.29) is 24.5 Å². The summed E-state index contributed by atoms with van der Waals surface area (Å²) in [5.74, 6) is -0.190. The number of nitrogens with zero attached hydrogens (tertiary/aromatic N) is 4. The molecule has 3 aromatic carbocycles. The first-order valence-electron chi connectivity index (χ1n) is 11.4. The van der Waals surface area contributed by atoms with Crippen molar-refractivity contribution in [1.82, 2.24) is 20.0 Å². The molecule has 7 nitrogen and oxygen atoms in total. The van der Waals surface area contributed by atoms with E-state index < -0.39 is 0 Å². The van der Waals surface area contributed by atoms with Crippen molar-refractivity contribution in [2.45, 2.75) is 19.8 Å². The van der Waals surface area contributed by atoms with Crippen LogP contribution in [0.25, 0.3) is 16.6 Å².